The van der Waals surface area contributed by atoms with Crippen LogP contribution in [0, 0.1) is 5.41 Å². The number of hydrogen-bond acceptors (Lipinski definition) is 3. The lowest BCUT2D eigenvalue weighted by molar-refractivity contribution is 0.556. The van der Waals surface area contributed by atoms with Crippen LogP contribution in [-0.4, -0.2) is 22.5 Å². The predicted octanol–water partition coefficient (Wildman–Crippen LogP) is 2.32. The molecule has 0 atom stereocenters. The first-order valence-corrected chi connectivity index (χ1v) is 5.51. The van der Waals surface area contributed by atoms with Crippen molar-refractivity contribution in [2.45, 2.75) is 6.54 Å². The first-order chi connectivity index (χ1) is 6.86. The van der Waals surface area contributed by atoms with Crippen LogP contribution in [0.15, 0.2) is 36.0 Å². The first kappa shape index (κ1) is 10.8. The van der Waals surface area contributed by atoms with Crippen molar-refractivity contribution in [1.29, 1.82) is 5.41 Å². The fourth-order valence-corrected chi connectivity index (χ4v) is 1.24. The van der Waals surface area contributed by atoms with Crippen molar-refractivity contribution in [2.24, 2.45) is 0 Å². The highest BCUT2D eigenvalue weighted by Gasteiger charge is 1.97. The Balaban J connectivity index is 2.57. The van der Waals surface area contributed by atoms with Crippen LogP contribution in [0.1, 0.15) is 5.69 Å². The summed E-state index contributed by atoms with van der Waals surface area (Å²) in [6.07, 6.45) is 6.91. The molecule has 1 rings (SSSR count). The van der Waals surface area contributed by atoms with E-state index in [1.165, 1.54) is 6.34 Å². The zero-order chi connectivity index (χ0) is 10.2. The average Bonchev–Trinajstić information content (AvgIpc) is 2.25. The van der Waals surface area contributed by atoms with Crippen molar-refractivity contribution in [3.63, 3.8) is 0 Å². The Kier molecular flexibility index (Phi) is 4.78. The van der Waals surface area contributed by atoms with E-state index in [1.807, 2.05) is 36.1 Å². The second-order valence-electron chi connectivity index (χ2n) is 2.64. The van der Waals surface area contributed by atoms with E-state index in [0.29, 0.717) is 6.54 Å². The van der Waals surface area contributed by atoms with Crippen LogP contribution in [0.2, 0.25) is 0 Å². The Labute approximate surface area is 88.4 Å². The summed E-state index contributed by atoms with van der Waals surface area (Å²) in [4.78, 5) is 5.97. The molecule has 1 aromatic heterocycles. The van der Waals surface area contributed by atoms with E-state index in [1.54, 1.807) is 22.9 Å². The Hall–Kier alpha value is -1.29. The Morgan fingerprint density at radius 2 is 2.43 bits per heavy atom. The highest BCUT2D eigenvalue weighted by Crippen LogP contribution is 2.02. The minimum Gasteiger partial charge on any atom is -0.333 e. The van der Waals surface area contributed by atoms with Crippen molar-refractivity contribution < 1.29 is 0 Å². The zero-order valence-corrected chi connectivity index (χ0v) is 8.87. The molecule has 0 fully saturated rings. The molecule has 0 spiro atoms. The largest absolute Gasteiger partial charge is 0.333 e. The molecule has 74 valence electrons. The number of nitrogens with one attached hydrogen (secondary N) is 1. The van der Waals surface area contributed by atoms with Gasteiger partial charge in [-0.15, -0.1) is 11.8 Å². The van der Waals surface area contributed by atoms with Gasteiger partial charge in [0.05, 0.1) is 18.6 Å². The highest BCUT2D eigenvalue weighted by molar-refractivity contribution is 8.01. The maximum Gasteiger partial charge on any atom is 0.0860 e. The molecule has 4 heteroatoms. The van der Waals surface area contributed by atoms with Gasteiger partial charge in [0.15, 0.2) is 0 Å². The molecular formula is C10H13N3S. The molecule has 3 nitrogen and oxygen atoms in total. The van der Waals surface area contributed by atoms with E-state index in [2.05, 4.69) is 4.98 Å². The molecule has 1 aromatic rings. The normalized spacial score (nSPS) is 10.4. The van der Waals surface area contributed by atoms with Gasteiger partial charge in [-0.2, -0.15) is 0 Å². The fourth-order valence-electron chi connectivity index (χ4n) is 0.959. The van der Waals surface area contributed by atoms with Crippen LogP contribution >= 0.6 is 11.8 Å². The van der Waals surface area contributed by atoms with Gasteiger partial charge in [0.1, 0.15) is 0 Å². The number of pyridine rings is 1. The smallest absolute Gasteiger partial charge is 0.0860 e. The number of aromatic nitrogens is 1. The molecule has 0 aliphatic rings. The minimum atomic E-state index is 0.640. The molecule has 0 unspecified atom stereocenters. The van der Waals surface area contributed by atoms with Gasteiger partial charge in [0.25, 0.3) is 0 Å². The Bertz CT molecular complexity index is 297. The summed E-state index contributed by atoms with van der Waals surface area (Å²) in [5.41, 5.74) is 0.960. The molecule has 0 amide bonds. The average molecular weight is 207 g/mol. The van der Waals surface area contributed by atoms with Crippen molar-refractivity contribution >= 4 is 18.1 Å². The molecule has 1 heterocycles. The molecule has 0 saturated heterocycles. The van der Waals surface area contributed by atoms with Crippen molar-refractivity contribution in [2.75, 3.05) is 6.26 Å². The number of rotatable bonds is 5. The molecule has 0 aliphatic carbocycles. The van der Waals surface area contributed by atoms with Gasteiger partial charge in [0, 0.05) is 12.4 Å². The van der Waals surface area contributed by atoms with Crippen LogP contribution in [0.4, 0.5) is 0 Å². The fraction of sp³-hybridized carbons (Fsp3) is 0.200. The van der Waals surface area contributed by atoms with Crippen LogP contribution < -0.4 is 0 Å². The summed E-state index contributed by atoms with van der Waals surface area (Å²) in [5.74, 6) is 0. The van der Waals surface area contributed by atoms with Crippen LogP contribution in [-0.2, 0) is 6.54 Å². The van der Waals surface area contributed by atoms with Crippen molar-refractivity contribution in [3.05, 3.63) is 41.7 Å². The summed E-state index contributed by atoms with van der Waals surface area (Å²) in [7, 11) is 0. The van der Waals surface area contributed by atoms with Gasteiger partial charge < -0.3 is 4.90 Å². The standard InChI is InChI=1S/C10H13N3S/c1-14-7-6-13(9-11)8-10-4-2-3-5-12-10/h2-7,9,11H,8H2,1H3/b7-6-,11-9?. The maximum absolute atomic E-state index is 7.20. The van der Waals surface area contributed by atoms with Crippen LogP contribution in [0.25, 0.3) is 0 Å². The van der Waals surface area contributed by atoms with Gasteiger partial charge >= 0.3 is 0 Å². The molecule has 1 N–H and O–H groups in total. The van der Waals surface area contributed by atoms with E-state index in [0.717, 1.165) is 5.69 Å². The molecule has 0 saturated carbocycles. The summed E-state index contributed by atoms with van der Waals surface area (Å²) in [6.45, 7) is 0.640. The van der Waals surface area contributed by atoms with Crippen LogP contribution in [0.3, 0.4) is 0 Å². The topological polar surface area (TPSA) is 40.0 Å². The predicted molar refractivity (Wildman–Crippen MR) is 61.2 cm³/mol. The van der Waals surface area contributed by atoms with E-state index < -0.39 is 0 Å². The van der Waals surface area contributed by atoms with Gasteiger partial charge in [-0.1, -0.05) is 6.07 Å². The number of thioether (sulfide) groups is 1. The Morgan fingerprint density at radius 3 is 3.00 bits per heavy atom. The number of nitrogens with zero attached hydrogens (tertiary/aromatic N) is 2. The second kappa shape index (κ2) is 6.21. The lowest BCUT2D eigenvalue weighted by Crippen LogP contribution is -2.14. The third-order valence-corrected chi connectivity index (χ3v) is 2.02. The minimum absolute atomic E-state index is 0.640. The molecular weight excluding hydrogens is 194 g/mol. The lowest BCUT2D eigenvalue weighted by Gasteiger charge is -2.12. The lowest BCUT2D eigenvalue weighted by atomic mass is 10.3. The maximum atomic E-state index is 7.20. The Morgan fingerprint density at radius 1 is 1.57 bits per heavy atom. The third kappa shape index (κ3) is 3.62. The van der Waals surface area contributed by atoms with Gasteiger partial charge in [-0.05, 0) is 23.8 Å². The monoisotopic (exact) mass is 207 g/mol. The molecule has 0 radical (unpaired) electrons. The molecule has 0 bridgehead atoms. The van der Waals surface area contributed by atoms with Gasteiger partial charge in [0.2, 0.25) is 0 Å². The third-order valence-electron chi connectivity index (χ3n) is 1.62. The summed E-state index contributed by atoms with van der Waals surface area (Å²) >= 11 is 1.61. The quantitative estimate of drug-likeness (QED) is 0.595. The number of hydrogen-bond donors (Lipinski definition) is 1. The molecule has 14 heavy (non-hydrogen) atoms. The SMILES string of the molecule is CS/C=C\N(C=N)Cc1ccccn1. The van der Waals surface area contributed by atoms with Crippen molar-refractivity contribution in [1.82, 2.24) is 9.88 Å². The van der Waals surface area contributed by atoms with E-state index in [9.17, 15) is 0 Å². The van der Waals surface area contributed by atoms with Gasteiger partial charge in [-0.3, -0.25) is 10.4 Å². The van der Waals surface area contributed by atoms with Crippen LogP contribution in [0.5, 0.6) is 0 Å². The van der Waals surface area contributed by atoms with E-state index in [4.69, 9.17) is 5.41 Å². The molecule has 0 aromatic carbocycles. The highest BCUT2D eigenvalue weighted by atomic mass is 32.2. The summed E-state index contributed by atoms with van der Waals surface area (Å²) in [5, 5.41) is 9.14. The van der Waals surface area contributed by atoms with E-state index >= 15 is 0 Å². The first-order valence-electron chi connectivity index (χ1n) is 4.22. The summed E-state index contributed by atoms with van der Waals surface area (Å²) in [6, 6.07) is 5.78. The van der Waals surface area contributed by atoms with Crippen molar-refractivity contribution in [3.8, 4) is 0 Å². The molecule has 0 aliphatic heterocycles. The van der Waals surface area contributed by atoms with E-state index in [-0.39, 0.29) is 0 Å². The summed E-state index contributed by atoms with van der Waals surface area (Å²) < 4.78 is 0. The zero-order valence-electron chi connectivity index (χ0n) is 8.05. The second-order valence-corrected chi connectivity index (χ2v) is 3.39. The van der Waals surface area contributed by atoms with Gasteiger partial charge in [-0.25, -0.2) is 0 Å².